The summed E-state index contributed by atoms with van der Waals surface area (Å²) in [7, 11) is 0. The van der Waals surface area contributed by atoms with Crippen LogP contribution in [0.5, 0.6) is 0 Å². The molecular weight excluding hydrogens is 234 g/mol. The van der Waals surface area contributed by atoms with E-state index >= 15 is 0 Å². The highest BCUT2D eigenvalue weighted by Crippen LogP contribution is 2.31. The summed E-state index contributed by atoms with van der Waals surface area (Å²) in [5, 5.41) is 0. The van der Waals surface area contributed by atoms with Crippen molar-refractivity contribution in [3.63, 3.8) is 0 Å². The van der Waals surface area contributed by atoms with Crippen LogP contribution in [0.25, 0.3) is 0 Å². The van der Waals surface area contributed by atoms with Gasteiger partial charge in [-0.15, -0.1) is 0 Å². The molecule has 0 radical (unpaired) electrons. The Labute approximate surface area is 108 Å². The molecule has 0 amide bonds. The lowest BCUT2D eigenvalue weighted by atomic mass is 9.87. The Hall–Kier alpha value is -1.00. The van der Waals surface area contributed by atoms with E-state index in [2.05, 4.69) is 4.90 Å². The van der Waals surface area contributed by atoms with E-state index in [1.54, 1.807) is 0 Å². The third-order valence-corrected chi connectivity index (χ3v) is 3.65. The Kier molecular flexibility index (Phi) is 4.82. The first kappa shape index (κ1) is 15.1. The standard InChI is InChI=1S/C14H22F2N2/c1-5-18(6-2)14(3,4)13(17)12-10(15)8-7-9-11(12)16/h7-9,13H,5-6,17H2,1-4H3. The summed E-state index contributed by atoms with van der Waals surface area (Å²) in [6, 6.07) is 3.14. The van der Waals surface area contributed by atoms with Crippen molar-refractivity contribution in [1.82, 2.24) is 4.90 Å². The average Bonchev–Trinajstić information content (AvgIpc) is 2.29. The molecule has 0 saturated carbocycles. The van der Waals surface area contributed by atoms with Crippen LogP contribution in [0.15, 0.2) is 18.2 Å². The number of nitrogens with two attached hydrogens (primary N) is 1. The summed E-state index contributed by atoms with van der Waals surface area (Å²) in [5.41, 5.74) is 5.56. The van der Waals surface area contributed by atoms with Gasteiger partial charge in [0, 0.05) is 11.1 Å². The van der Waals surface area contributed by atoms with Crippen LogP contribution in [0.1, 0.15) is 39.3 Å². The quantitative estimate of drug-likeness (QED) is 0.877. The predicted molar refractivity (Wildman–Crippen MR) is 70.3 cm³/mol. The monoisotopic (exact) mass is 256 g/mol. The van der Waals surface area contributed by atoms with Crippen LogP contribution >= 0.6 is 0 Å². The molecule has 2 N–H and O–H groups in total. The van der Waals surface area contributed by atoms with E-state index in [0.717, 1.165) is 13.1 Å². The number of nitrogens with zero attached hydrogens (tertiary/aromatic N) is 1. The number of likely N-dealkylation sites (N-methyl/N-ethyl adjacent to an activating group) is 1. The average molecular weight is 256 g/mol. The minimum Gasteiger partial charge on any atom is -0.322 e. The minimum atomic E-state index is -0.710. The molecule has 4 heteroatoms. The maximum Gasteiger partial charge on any atom is 0.130 e. The fraction of sp³-hybridized carbons (Fsp3) is 0.571. The highest BCUT2D eigenvalue weighted by atomic mass is 19.1. The smallest absolute Gasteiger partial charge is 0.130 e. The number of halogens is 2. The van der Waals surface area contributed by atoms with Gasteiger partial charge in [0.1, 0.15) is 11.6 Å². The second kappa shape index (κ2) is 5.76. The zero-order valence-corrected chi connectivity index (χ0v) is 11.5. The summed E-state index contributed by atoms with van der Waals surface area (Å²) < 4.78 is 27.5. The molecular formula is C14H22F2N2. The van der Waals surface area contributed by atoms with Crippen LogP contribution in [-0.4, -0.2) is 23.5 Å². The molecule has 0 aliphatic rings. The largest absolute Gasteiger partial charge is 0.322 e. The van der Waals surface area contributed by atoms with Crippen molar-refractivity contribution < 1.29 is 8.78 Å². The lowest BCUT2D eigenvalue weighted by molar-refractivity contribution is 0.104. The number of hydrogen-bond acceptors (Lipinski definition) is 2. The second-order valence-electron chi connectivity index (χ2n) is 4.94. The summed E-state index contributed by atoms with van der Waals surface area (Å²) in [5.74, 6) is -1.16. The Bertz CT molecular complexity index is 381. The Morgan fingerprint density at radius 3 is 2.00 bits per heavy atom. The van der Waals surface area contributed by atoms with Crippen molar-refractivity contribution in [2.45, 2.75) is 39.3 Å². The van der Waals surface area contributed by atoms with Crippen molar-refractivity contribution >= 4 is 0 Å². The van der Waals surface area contributed by atoms with E-state index in [-0.39, 0.29) is 5.56 Å². The number of rotatable bonds is 5. The van der Waals surface area contributed by atoms with Crippen LogP contribution in [0, 0.1) is 11.6 Å². The van der Waals surface area contributed by atoms with Gasteiger partial charge in [0.05, 0.1) is 6.04 Å². The molecule has 1 aromatic rings. The van der Waals surface area contributed by atoms with Crippen molar-refractivity contribution in [2.75, 3.05) is 13.1 Å². The van der Waals surface area contributed by atoms with Crippen molar-refractivity contribution in [2.24, 2.45) is 5.73 Å². The molecule has 102 valence electrons. The number of benzene rings is 1. The Morgan fingerprint density at radius 1 is 1.17 bits per heavy atom. The zero-order valence-electron chi connectivity index (χ0n) is 11.5. The maximum absolute atomic E-state index is 13.8. The first-order valence-corrected chi connectivity index (χ1v) is 6.30. The number of hydrogen-bond donors (Lipinski definition) is 1. The normalized spacial score (nSPS) is 14.0. The SMILES string of the molecule is CCN(CC)C(C)(C)C(N)c1c(F)cccc1F. The summed E-state index contributed by atoms with van der Waals surface area (Å²) in [4.78, 5) is 2.10. The van der Waals surface area contributed by atoms with Crippen molar-refractivity contribution in [3.05, 3.63) is 35.4 Å². The van der Waals surface area contributed by atoms with Gasteiger partial charge >= 0.3 is 0 Å². The molecule has 0 heterocycles. The first-order chi connectivity index (χ1) is 8.36. The second-order valence-corrected chi connectivity index (χ2v) is 4.94. The molecule has 0 aliphatic heterocycles. The van der Waals surface area contributed by atoms with Gasteiger partial charge in [-0.3, -0.25) is 4.90 Å². The molecule has 0 aromatic heterocycles. The lowest BCUT2D eigenvalue weighted by Gasteiger charge is -2.42. The van der Waals surface area contributed by atoms with Crippen LogP contribution in [0.4, 0.5) is 8.78 Å². The topological polar surface area (TPSA) is 29.3 Å². The van der Waals surface area contributed by atoms with E-state index < -0.39 is 23.2 Å². The molecule has 1 rings (SSSR count). The molecule has 1 atom stereocenters. The molecule has 0 spiro atoms. The van der Waals surface area contributed by atoms with Gasteiger partial charge in [0.15, 0.2) is 0 Å². The van der Waals surface area contributed by atoms with Crippen LogP contribution in [0.2, 0.25) is 0 Å². The minimum absolute atomic E-state index is 0.0330. The van der Waals surface area contributed by atoms with Crippen LogP contribution in [0.3, 0.4) is 0 Å². The molecule has 1 unspecified atom stereocenters. The summed E-state index contributed by atoms with van der Waals surface area (Å²) in [6.07, 6.45) is 0. The van der Waals surface area contributed by atoms with E-state index in [4.69, 9.17) is 5.73 Å². The fourth-order valence-electron chi connectivity index (χ4n) is 2.40. The predicted octanol–water partition coefficient (Wildman–Crippen LogP) is 3.09. The van der Waals surface area contributed by atoms with E-state index in [0.29, 0.717) is 0 Å². The third kappa shape index (κ3) is 2.70. The van der Waals surface area contributed by atoms with E-state index in [9.17, 15) is 8.78 Å². The molecule has 0 saturated heterocycles. The van der Waals surface area contributed by atoms with Crippen molar-refractivity contribution in [1.29, 1.82) is 0 Å². The zero-order chi connectivity index (χ0) is 13.9. The van der Waals surface area contributed by atoms with E-state index in [1.165, 1.54) is 18.2 Å². The Balaban J connectivity index is 3.16. The first-order valence-electron chi connectivity index (χ1n) is 6.30. The van der Waals surface area contributed by atoms with Gasteiger partial charge in [-0.05, 0) is 39.1 Å². The highest BCUT2D eigenvalue weighted by molar-refractivity contribution is 5.26. The third-order valence-electron chi connectivity index (χ3n) is 3.65. The Morgan fingerprint density at radius 2 is 1.61 bits per heavy atom. The molecule has 2 nitrogen and oxygen atoms in total. The maximum atomic E-state index is 13.8. The molecule has 18 heavy (non-hydrogen) atoms. The summed E-state index contributed by atoms with van der Waals surface area (Å²) in [6.45, 7) is 9.42. The van der Waals surface area contributed by atoms with Gasteiger partial charge in [-0.25, -0.2) is 8.78 Å². The molecule has 1 aromatic carbocycles. The summed E-state index contributed by atoms with van der Waals surface area (Å²) >= 11 is 0. The lowest BCUT2D eigenvalue weighted by Crippen LogP contribution is -2.51. The van der Waals surface area contributed by atoms with Crippen LogP contribution < -0.4 is 5.73 Å². The van der Waals surface area contributed by atoms with Gasteiger partial charge in [-0.1, -0.05) is 19.9 Å². The van der Waals surface area contributed by atoms with Gasteiger partial charge in [-0.2, -0.15) is 0 Å². The van der Waals surface area contributed by atoms with Gasteiger partial charge in [0.25, 0.3) is 0 Å². The van der Waals surface area contributed by atoms with E-state index in [1.807, 2.05) is 27.7 Å². The molecule has 0 aliphatic carbocycles. The van der Waals surface area contributed by atoms with Crippen LogP contribution in [-0.2, 0) is 0 Å². The van der Waals surface area contributed by atoms with Gasteiger partial charge < -0.3 is 5.73 Å². The fourth-order valence-corrected chi connectivity index (χ4v) is 2.40. The molecule has 0 bridgehead atoms. The molecule has 0 fully saturated rings. The van der Waals surface area contributed by atoms with Gasteiger partial charge in [0.2, 0.25) is 0 Å². The van der Waals surface area contributed by atoms with Crippen molar-refractivity contribution in [3.8, 4) is 0 Å². The highest BCUT2D eigenvalue weighted by Gasteiger charge is 2.35.